The standard InChI is InChI=1S/C17H18N2O2/c1-2-3-11-4-6-12(7-5-11)21-13-8-9-14-15(10-13)19-17(20)16(14)18/h4-10,16H,2-3,18H2,1H3,(H,19,20). The van der Waals surface area contributed by atoms with Crippen LogP contribution >= 0.6 is 0 Å². The predicted molar refractivity (Wildman–Crippen MR) is 82.5 cm³/mol. The molecule has 0 fully saturated rings. The van der Waals surface area contributed by atoms with Gasteiger partial charge in [-0.2, -0.15) is 0 Å². The average molecular weight is 282 g/mol. The van der Waals surface area contributed by atoms with Gasteiger partial charge in [0.1, 0.15) is 17.5 Å². The van der Waals surface area contributed by atoms with Gasteiger partial charge in [-0.1, -0.05) is 31.5 Å². The number of anilines is 1. The van der Waals surface area contributed by atoms with Crippen molar-refractivity contribution < 1.29 is 9.53 Å². The lowest BCUT2D eigenvalue weighted by Gasteiger charge is -2.08. The summed E-state index contributed by atoms with van der Waals surface area (Å²) >= 11 is 0. The molecular weight excluding hydrogens is 264 g/mol. The molecule has 0 radical (unpaired) electrons. The van der Waals surface area contributed by atoms with Crippen molar-refractivity contribution in [2.24, 2.45) is 5.73 Å². The van der Waals surface area contributed by atoms with E-state index in [0.29, 0.717) is 5.75 Å². The summed E-state index contributed by atoms with van der Waals surface area (Å²) < 4.78 is 5.82. The molecule has 0 aromatic heterocycles. The Morgan fingerprint density at radius 3 is 2.57 bits per heavy atom. The summed E-state index contributed by atoms with van der Waals surface area (Å²) in [5.74, 6) is 1.29. The number of ether oxygens (including phenoxy) is 1. The molecule has 2 aromatic rings. The van der Waals surface area contributed by atoms with Gasteiger partial charge < -0.3 is 15.8 Å². The number of aryl methyl sites for hydroxylation is 1. The fourth-order valence-electron chi connectivity index (χ4n) is 2.48. The number of benzene rings is 2. The highest BCUT2D eigenvalue weighted by Gasteiger charge is 2.27. The zero-order chi connectivity index (χ0) is 14.8. The summed E-state index contributed by atoms with van der Waals surface area (Å²) in [6.07, 6.45) is 2.20. The van der Waals surface area contributed by atoms with Crippen LogP contribution in [0.1, 0.15) is 30.5 Å². The van der Waals surface area contributed by atoms with Gasteiger partial charge in [-0.3, -0.25) is 4.79 Å². The number of nitrogens with two attached hydrogens (primary N) is 1. The molecule has 0 aliphatic carbocycles. The van der Waals surface area contributed by atoms with Crippen LogP contribution in [-0.4, -0.2) is 5.91 Å². The molecule has 0 bridgehead atoms. The van der Waals surface area contributed by atoms with Crippen LogP contribution < -0.4 is 15.8 Å². The molecule has 108 valence electrons. The van der Waals surface area contributed by atoms with Gasteiger partial charge in [-0.25, -0.2) is 0 Å². The van der Waals surface area contributed by atoms with Crippen molar-refractivity contribution in [3.8, 4) is 11.5 Å². The molecule has 1 heterocycles. The second-order valence-corrected chi connectivity index (χ2v) is 5.21. The molecular formula is C17H18N2O2. The Bertz CT molecular complexity index is 665. The average Bonchev–Trinajstić information content (AvgIpc) is 2.76. The first-order chi connectivity index (χ1) is 10.2. The molecule has 1 aliphatic rings. The monoisotopic (exact) mass is 282 g/mol. The quantitative estimate of drug-likeness (QED) is 0.903. The Morgan fingerprint density at radius 2 is 1.86 bits per heavy atom. The van der Waals surface area contributed by atoms with E-state index in [0.717, 1.165) is 29.8 Å². The molecule has 4 nitrogen and oxygen atoms in total. The molecule has 0 spiro atoms. The second-order valence-electron chi connectivity index (χ2n) is 5.21. The fraction of sp³-hybridized carbons (Fsp3) is 0.235. The third kappa shape index (κ3) is 2.76. The first-order valence-electron chi connectivity index (χ1n) is 7.14. The predicted octanol–water partition coefficient (Wildman–Crippen LogP) is 3.38. The molecule has 3 N–H and O–H groups in total. The van der Waals surface area contributed by atoms with E-state index < -0.39 is 6.04 Å². The Labute approximate surface area is 123 Å². The lowest BCUT2D eigenvalue weighted by Crippen LogP contribution is -2.19. The van der Waals surface area contributed by atoms with E-state index in [4.69, 9.17) is 10.5 Å². The molecule has 1 atom stereocenters. The minimum Gasteiger partial charge on any atom is -0.457 e. The van der Waals surface area contributed by atoms with Gasteiger partial charge in [0.2, 0.25) is 5.91 Å². The number of amides is 1. The number of rotatable bonds is 4. The summed E-state index contributed by atoms with van der Waals surface area (Å²) in [7, 11) is 0. The van der Waals surface area contributed by atoms with Crippen LogP contribution in [0.4, 0.5) is 5.69 Å². The van der Waals surface area contributed by atoms with Crippen LogP contribution in [0.5, 0.6) is 11.5 Å². The normalized spacial score (nSPS) is 16.5. The topological polar surface area (TPSA) is 64.3 Å². The number of carbonyl (C=O) groups excluding carboxylic acids is 1. The molecule has 2 aromatic carbocycles. The Morgan fingerprint density at radius 1 is 1.14 bits per heavy atom. The van der Waals surface area contributed by atoms with E-state index in [1.807, 2.05) is 24.3 Å². The molecule has 0 saturated heterocycles. The van der Waals surface area contributed by atoms with E-state index in [1.54, 1.807) is 6.07 Å². The first kappa shape index (κ1) is 13.6. The van der Waals surface area contributed by atoms with Gasteiger partial charge in [0, 0.05) is 17.3 Å². The van der Waals surface area contributed by atoms with Crippen molar-refractivity contribution in [1.29, 1.82) is 0 Å². The number of carbonyl (C=O) groups is 1. The summed E-state index contributed by atoms with van der Waals surface area (Å²) in [6, 6.07) is 13.0. The Balaban J connectivity index is 1.77. The molecule has 3 rings (SSSR count). The van der Waals surface area contributed by atoms with Gasteiger partial charge in [0.05, 0.1) is 0 Å². The zero-order valence-electron chi connectivity index (χ0n) is 11.9. The van der Waals surface area contributed by atoms with Gasteiger partial charge >= 0.3 is 0 Å². The molecule has 1 amide bonds. The third-order valence-corrected chi connectivity index (χ3v) is 3.60. The summed E-state index contributed by atoms with van der Waals surface area (Å²) in [6.45, 7) is 2.16. The minimum absolute atomic E-state index is 0.175. The lowest BCUT2D eigenvalue weighted by molar-refractivity contribution is -0.116. The number of fused-ring (bicyclic) bond motifs is 1. The van der Waals surface area contributed by atoms with Crippen LogP contribution in [0, 0.1) is 0 Å². The summed E-state index contributed by atoms with van der Waals surface area (Å²) in [4.78, 5) is 11.5. The second kappa shape index (κ2) is 5.58. The van der Waals surface area contributed by atoms with Gasteiger partial charge in [0.25, 0.3) is 0 Å². The van der Waals surface area contributed by atoms with Crippen LogP contribution in [0.25, 0.3) is 0 Å². The van der Waals surface area contributed by atoms with Crippen molar-refractivity contribution in [3.05, 3.63) is 53.6 Å². The first-order valence-corrected chi connectivity index (χ1v) is 7.14. The van der Waals surface area contributed by atoms with Crippen molar-refractivity contribution in [1.82, 2.24) is 0 Å². The maximum atomic E-state index is 11.5. The van der Waals surface area contributed by atoms with Crippen LogP contribution in [0.2, 0.25) is 0 Å². The zero-order valence-corrected chi connectivity index (χ0v) is 11.9. The van der Waals surface area contributed by atoms with E-state index in [9.17, 15) is 4.79 Å². The molecule has 1 aliphatic heterocycles. The summed E-state index contributed by atoms with van der Waals surface area (Å²) in [5, 5.41) is 2.76. The maximum absolute atomic E-state index is 11.5. The van der Waals surface area contributed by atoms with E-state index in [2.05, 4.69) is 24.4 Å². The molecule has 1 unspecified atom stereocenters. The highest BCUT2D eigenvalue weighted by atomic mass is 16.5. The number of nitrogens with one attached hydrogen (secondary N) is 1. The summed E-state index contributed by atoms with van der Waals surface area (Å²) in [5.41, 5.74) is 8.63. The third-order valence-electron chi connectivity index (χ3n) is 3.60. The largest absolute Gasteiger partial charge is 0.457 e. The van der Waals surface area contributed by atoms with Gasteiger partial charge in [-0.05, 0) is 30.2 Å². The molecule has 0 saturated carbocycles. The van der Waals surface area contributed by atoms with Crippen molar-refractivity contribution in [3.63, 3.8) is 0 Å². The SMILES string of the molecule is CCCc1ccc(Oc2ccc3c(c2)NC(=O)C3N)cc1. The molecule has 4 heteroatoms. The Hall–Kier alpha value is -2.33. The number of hydrogen-bond acceptors (Lipinski definition) is 3. The minimum atomic E-state index is -0.581. The smallest absolute Gasteiger partial charge is 0.245 e. The van der Waals surface area contributed by atoms with Gasteiger partial charge in [-0.15, -0.1) is 0 Å². The fourth-order valence-corrected chi connectivity index (χ4v) is 2.48. The highest BCUT2D eigenvalue weighted by Crippen LogP contribution is 2.34. The number of hydrogen-bond donors (Lipinski definition) is 2. The highest BCUT2D eigenvalue weighted by molar-refractivity contribution is 6.02. The van der Waals surface area contributed by atoms with Crippen LogP contribution in [0.3, 0.4) is 0 Å². The van der Waals surface area contributed by atoms with Crippen molar-refractivity contribution in [2.75, 3.05) is 5.32 Å². The van der Waals surface area contributed by atoms with Gasteiger partial charge in [0.15, 0.2) is 0 Å². The van der Waals surface area contributed by atoms with Crippen molar-refractivity contribution in [2.45, 2.75) is 25.8 Å². The van der Waals surface area contributed by atoms with Crippen LogP contribution in [-0.2, 0) is 11.2 Å². The lowest BCUT2D eigenvalue weighted by atomic mass is 10.1. The van der Waals surface area contributed by atoms with E-state index in [-0.39, 0.29) is 5.91 Å². The maximum Gasteiger partial charge on any atom is 0.245 e. The van der Waals surface area contributed by atoms with E-state index in [1.165, 1.54) is 5.56 Å². The van der Waals surface area contributed by atoms with Crippen LogP contribution in [0.15, 0.2) is 42.5 Å². The van der Waals surface area contributed by atoms with Crippen molar-refractivity contribution >= 4 is 11.6 Å². The Kier molecular flexibility index (Phi) is 3.62. The molecule has 21 heavy (non-hydrogen) atoms. The van der Waals surface area contributed by atoms with E-state index >= 15 is 0 Å².